The molecule has 2 aromatic rings. The highest BCUT2D eigenvalue weighted by Gasteiger charge is 2.37. The molecular formula is C24H28N4O2. The average molecular weight is 405 g/mol. The van der Waals surface area contributed by atoms with E-state index in [4.69, 9.17) is 0 Å². The van der Waals surface area contributed by atoms with Gasteiger partial charge in [0.1, 0.15) is 0 Å². The molecule has 0 aliphatic carbocycles. The van der Waals surface area contributed by atoms with Gasteiger partial charge in [-0.1, -0.05) is 48.9 Å². The van der Waals surface area contributed by atoms with Crippen molar-refractivity contribution in [2.24, 2.45) is 5.10 Å². The van der Waals surface area contributed by atoms with Crippen LogP contribution in [-0.2, 0) is 4.79 Å². The Morgan fingerprint density at radius 2 is 1.67 bits per heavy atom. The van der Waals surface area contributed by atoms with E-state index in [-0.39, 0.29) is 6.04 Å². The number of benzene rings is 2. The first-order valence-corrected chi connectivity index (χ1v) is 10.6. The number of hydrazone groups is 1. The molecule has 156 valence electrons. The third-order valence-corrected chi connectivity index (χ3v) is 6.25. The van der Waals surface area contributed by atoms with E-state index in [1.165, 1.54) is 19.3 Å². The van der Waals surface area contributed by atoms with Crippen molar-refractivity contribution < 1.29 is 9.59 Å². The monoisotopic (exact) mass is 404 g/mol. The van der Waals surface area contributed by atoms with Crippen molar-refractivity contribution in [3.63, 3.8) is 0 Å². The van der Waals surface area contributed by atoms with Crippen LogP contribution in [0.15, 0.2) is 59.7 Å². The van der Waals surface area contributed by atoms with Gasteiger partial charge in [0.15, 0.2) is 0 Å². The Balaban J connectivity index is 1.40. The summed E-state index contributed by atoms with van der Waals surface area (Å²) in [6.07, 6.45) is 7.08. The molecule has 2 fully saturated rings. The summed E-state index contributed by atoms with van der Waals surface area (Å²) in [6.45, 7) is 0. The highest BCUT2D eigenvalue weighted by atomic mass is 16.2. The van der Waals surface area contributed by atoms with Gasteiger partial charge in [-0.2, -0.15) is 5.10 Å². The second-order valence-corrected chi connectivity index (χ2v) is 8.20. The summed E-state index contributed by atoms with van der Waals surface area (Å²) < 4.78 is 0. The van der Waals surface area contributed by atoms with E-state index in [2.05, 4.69) is 27.8 Å². The summed E-state index contributed by atoms with van der Waals surface area (Å²) in [6, 6.07) is 17.7. The van der Waals surface area contributed by atoms with Crippen LogP contribution in [0.3, 0.4) is 0 Å². The molecule has 2 N–H and O–H groups in total. The number of hydrogen-bond acceptors (Lipinski definition) is 5. The zero-order chi connectivity index (χ0) is 20.9. The maximum absolute atomic E-state index is 12.9. The first kappa shape index (κ1) is 20.3. The van der Waals surface area contributed by atoms with Gasteiger partial charge in [0.2, 0.25) is 0 Å². The molecule has 2 bridgehead atoms. The van der Waals surface area contributed by atoms with Crippen molar-refractivity contribution in [3.05, 3.63) is 65.7 Å². The van der Waals surface area contributed by atoms with E-state index in [1.807, 2.05) is 36.4 Å². The zero-order valence-corrected chi connectivity index (χ0v) is 17.3. The molecule has 0 saturated carbocycles. The summed E-state index contributed by atoms with van der Waals surface area (Å²) in [5.74, 6) is -1.07. The predicted molar refractivity (Wildman–Crippen MR) is 119 cm³/mol. The fourth-order valence-electron chi connectivity index (χ4n) is 4.60. The topological polar surface area (TPSA) is 73.8 Å². The number of ketones is 1. The Morgan fingerprint density at radius 1 is 1.00 bits per heavy atom. The summed E-state index contributed by atoms with van der Waals surface area (Å²) in [5, 5.41) is 7.21. The molecule has 2 aromatic carbocycles. The molecular weight excluding hydrogens is 376 g/mol. The number of carbonyl (C=O) groups excluding carboxylic acids is 2. The van der Waals surface area contributed by atoms with Gasteiger partial charge in [-0.3, -0.25) is 15.0 Å². The van der Waals surface area contributed by atoms with Crippen molar-refractivity contribution in [2.45, 2.75) is 50.2 Å². The van der Waals surface area contributed by atoms with E-state index < -0.39 is 11.7 Å². The van der Waals surface area contributed by atoms with Gasteiger partial charge < -0.3 is 10.2 Å². The predicted octanol–water partition coefficient (Wildman–Crippen LogP) is 3.45. The van der Waals surface area contributed by atoms with Crippen molar-refractivity contribution in [1.29, 1.82) is 0 Å². The van der Waals surface area contributed by atoms with E-state index in [0.29, 0.717) is 23.3 Å². The van der Waals surface area contributed by atoms with Gasteiger partial charge in [-0.25, -0.2) is 0 Å². The number of fused-ring (bicyclic) bond motifs is 2. The number of carbonyl (C=O) groups is 2. The van der Waals surface area contributed by atoms with Crippen LogP contribution in [0, 0.1) is 0 Å². The van der Waals surface area contributed by atoms with Crippen LogP contribution in [0.4, 0.5) is 5.69 Å². The van der Waals surface area contributed by atoms with E-state index in [1.54, 1.807) is 24.4 Å². The number of amides is 1. The lowest BCUT2D eigenvalue weighted by atomic mass is 9.82. The number of piperidine rings is 2. The Bertz CT molecular complexity index is 914. The molecule has 2 aliphatic rings. The van der Waals surface area contributed by atoms with E-state index in [9.17, 15) is 9.59 Å². The number of para-hydroxylation sites is 1. The van der Waals surface area contributed by atoms with Crippen LogP contribution in [0.5, 0.6) is 0 Å². The van der Waals surface area contributed by atoms with Gasteiger partial charge >= 0.3 is 0 Å². The molecule has 2 saturated heterocycles. The summed E-state index contributed by atoms with van der Waals surface area (Å²) in [4.78, 5) is 28.0. The molecule has 0 spiro atoms. The minimum absolute atomic E-state index is 0.0594. The Labute approximate surface area is 177 Å². The van der Waals surface area contributed by atoms with Gasteiger partial charge in [0, 0.05) is 18.1 Å². The molecule has 6 heteroatoms. The second kappa shape index (κ2) is 9.22. The number of anilines is 1. The van der Waals surface area contributed by atoms with Gasteiger partial charge in [-0.15, -0.1) is 0 Å². The third kappa shape index (κ3) is 4.60. The quantitative estimate of drug-likeness (QED) is 0.335. The summed E-state index contributed by atoms with van der Waals surface area (Å²) >= 11 is 0. The van der Waals surface area contributed by atoms with E-state index in [0.717, 1.165) is 18.4 Å². The van der Waals surface area contributed by atoms with Gasteiger partial charge in [-0.05, 0) is 50.4 Å². The lowest BCUT2D eigenvalue weighted by molar-refractivity contribution is -0.118. The molecule has 0 radical (unpaired) electrons. The SMILES string of the molecule is CN1C2CCCC1CC(NC(=O)C(=O)c1ccccc1NN=Cc1ccccc1)C2. The smallest absolute Gasteiger partial charge is 0.292 e. The molecule has 6 nitrogen and oxygen atoms in total. The molecule has 2 unspecified atom stereocenters. The lowest BCUT2D eigenvalue weighted by Gasteiger charge is -2.47. The van der Waals surface area contributed by atoms with Crippen molar-refractivity contribution in [3.8, 4) is 0 Å². The van der Waals surface area contributed by atoms with Crippen molar-refractivity contribution >= 4 is 23.6 Å². The Hall–Kier alpha value is -2.99. The molecule has 2 atom stereocenters. The van der Waals surface area contributed by atoms with Crippen LogP contribution >= 0.6 is 0 Å². The minimum atomic E-state index is -0.538. The summed E-state index contributed by atoms with van der Waals surface area (Å²) in [5.41, 5.74) is 4.69. The molecule has 1 amide bonds. The fraction of sp³-hybridized carbons (Fsp3) is 0.375. The van der Waals surface area contributed by atoms with Gasteiger partial charge in [0.25, 0.3) is 11.7 Å². The first-order valence-electron chi connectivity index (χ1n) is 10.6. The van der Waals surface area contributed by atoms with Crippen LogP contribution in [0.2, 0.25) is 0 Å². The maximum Gasteiger partial charge on any atom is 0.292 e. The van der Waals surface area contributed by atoms with Crippen molar-refractivity contribution in [1.82, 2.24) is 10.2 Å². The second-order valence-electron chi connectivity index (χ2n) is 8.20. The van der Waals surface area contributed by atoms with Crippen LogP contribution in [-0.4, -0.2) is 48.0 Å². The maximum atomic E-state index is 12.9. The number of hydrogen-bond donors (Lipinski definition) is 2. The van der Waals surface area contributed by atoms with E-state index >= 15 is 0 Å². The molecule has 2 aliphatic heterocycles. The Morgan fingerprint density at radius 3 is 2.40 bits per heavy atom. The van der Waals surface area contributed by atoms with Crippen LogP contribution < -0.4 is 10.7 Å². The number of rotatable bonds is 6. The normalized spacial score (nSPS) is 23.8. The highest BCUT2D eigenvalue weighted by Crippen LogP contribution is 2.32. The minimum Gasteiger partial charge on any atom is -0.346 e. The largest absolute Gasteiger partial charge is 0.346 e. The van der Waals surface area contributed by atoms with Gasteiger partial charge in [0.05, 0.1) is 17.5 Å². The molecule has 4 rings (SSSR count). The highest BCUT2D eigenvalue weighted by molar-refractivity contribution is 6.44. The fourth-order valence-corrected chi connectivity index (χ4v) is 4.60. The van der Waals surface area contributed by atoms with Crippen molar-refractivity contribution in [2.75, 3.05) is 12.5 Å². The Kier molecular flexibility index (Phi) is 6.23. The summed E-state index contributed by atoms with van der Waals surface area (Å²) in [7, 11) is 2.18. The number of nitrogens with one attached hydrogen (secondary N) is 2. The molecule has 30 heavy (non-hydrogen) atoms. The zero-order valence-electron chi connectivity index (χ0n) is 17.3. The number of Topliss-reactive ketones (excluding diaryl/α,β-unsaturated/α-hetero) is 1. The van der Waals surface area contributed by atoms with Crippen LogP contribution in [0.1, 0.15) is 48.0 Å². The number of nitrogens with zero attached hydrogens (tertiary/aromatic N) is 2. The third-order valence-electron chi connectivity index (χ3n) is 6.25. The lowest BCUT2D eigenvalue weighted by Crippen LogP contribution is -2.55. The molecule has 2 heterocycles. The first-order chi connectivity index (χ1) is 14.6. The molecule has 0 aromatic heterocycles. The van der Waals surface area contributed by atoms with Crippen LogP contribution in [0.25, 0.3) is 0 Å². The average Bonchev–Trinajstić information content (AvgIpc) is 2.75. The standard InChI is InChI=1S/C24H28N4O2/c1-28-19-10-7-11-20(28)15-18(14-19)26-24(30)23(29)21-12-5-6-13-22(21)27-25-16-17-8-3-2-4-9-17/h2-6,8-9,12-13,16,18-20,27H,7,10-11,14-15H2,1H3,(H,26,30).